The molecule has 0 radical (unpaired) electrons. The number of nitrogens with zero attached hydrogens (tertiary/aromatic N) is 3. The van der Waals surface area contributed by atoms with E-state index < -0.39 is 34.8 Å². The third kappa shape index (κ3) is 6.71. The molecule has 1 aliphatic heterocycles. The van der Waals surface area contributed by atoms with E-state index in [9.17, 15) is 26.7 Å². The molecular weight excluding hydrogens is 537 g/mol. The SMILES string of the molecule is C[C@H](c1ccc(OCC(F)(F)F)nc1)N1CCc2ccc(S(=O)(=O)Nc3noc(C(C)(C)C)c3CO)cc2C1. The number of pyridine rings is 1. The molecule has 0 aliphatic carbocycles. The zero-order valence-corrected chi connectivity index (χ0v) is 22.9. The number of sulfonamides is 1. The van der Waals surface area contributed by atoms with Crippen LogP contribution in [0.25, 0.3) is 0 Å². The van der Waals surface area contributed by atoms with Crippen molar-refractivity contribution in [2.24, 2.45) is 0 Å². The summed E-state index contributed by atoms with van der Waals surface area (Å²) in [5, 5.41) is 13.7. The average Bonchev–Trinajstić information content (AvgIpc) is 3.28. The molecular formula is C26H31F3N4O5S. The second-order valence-corrected chi connectivity index (χ2v) is 12.2. The first-order valence-electron chi connectivity index (χ1n) is 12.3. The van der Waals surface area contributed by atoms with Gasteiger partial charge in [0, 0.05) is 36.8 Å². The van der Waals surface area contributed by atoms with Crippen LogP contribution in [-0.4, -0.2) is 47.9 Å². The Balaban J connectivity index is 1.49. The van der Waals surface area contributed by atoms with Gasteiger partial charge in [-0.1, -0.05) is 38.1 Å². The number of anilines is 1. The Morgan fingerprint density at radius 3 is 2.54 bits per heavy atom. The largest absolute Gasteiger partial charge is 0.468 e. The summed E-state index contributed by atoms with van der Waals surface area (Å²) in [5.74, 6) is 0.235. The number of hydrogen-bond donors (Lipinski definition) is 2. The van der Waals surface area contributed by atoms with Crippen molar-refractivity contribution in [1.29, 1.82) is 0 Å². The maximum absolute atomic E-state index is 13.2. The molecule has 0 bridgehead atoms. The van der Waals surface area contributed by atoms with Crippen LogP contribution in [0.2, 0.25) is 0 Å². The number of aromatic nitrogens is 2. The average molecular weight is 569 g/mol. The number of hydrogen-bond acceptors (Lipinski definition) is 8. The fourth-order valence-electron chi connectivity index (χ4n) is 4.46. The van der Waals surface area contributed by atoms with E-state index >= 15 is 0 Å². The zero-order valence-electron chi connectivity index (χ0n) is 22.0. The van der Waals surface area contributed by atoms with E-state index in [2.05, 4.69) is 24.5 Å². The molecule has 1 aromatic carbocycles. The quantitative estimate of drug-likeness (QED) is 0.401. The number of nitrogens with one attached hydrogen (secondary N) is 1. The molecule has 212 valence electrons. The van der Waals surface area contributed by atoms with Gasteiger partial charge < -0.3 is 14.4 Å². The number of aliphatic hydroxyl groups excluding tert-OH is 1. The first-order chi connectivity index (χ1) is 18.2. The van der Waals surface area contributed by atoms with E-state index in [0.29, 0.717) is 25.3 Å². The van der Waals surface area contributed by atoms with Crippen molar-refractivity contribution < 1.29 is 36.0 Å². The molecule has 13 heteroatoms. The molecule has 1 aliphatic rings. The number of halogens is 3. The van der Waals surface area contributed by atoms with Gasteiger partial charge in [0.25, 0.3) is 10.0 Å². The monoisotopic (exact) mass is 568 g/mol. The molecule has 39 heavy (non-hydrogen) atoms. The molecule has 3 heterocycles. The predicted molar refractivity (Wildman–Crippen MR) is 137 cm³/mol. The van der Waals surface area contributed by atoms with Gasteiger partial charge >= 0.3 is 6.18 Å². The molecule has 0 unspecified atom stereocenters. The van der Waals surface area contributed by atoms with Gasteiger partial charge in [-0.15, -0.1) is 0 Å². The van der Waals surface area contributed by atoms with Crippen LogP contribution in [-0.2, 0) is 35.0 Å². The highest BCUT2D eigenvalue weighted by Gasteiger charge is 2.30. The van der Waals surface area contributed by atoms with Crippen molar-refractivity contribution >= 4 is 15.8 Å². The predicted octanol–water partition coefficient (Wildman–Crippen LogP) is 4.72. The number of alkyl halides is 3. The molecule has 2 N–H and O–H groups in total. The minimum atomic E-state index is -4.44. The Bertz CT molecular complexity index is 1420. The summed E-state index contributed by atoms with van der Waals surface area (Å²) in [6, 6.07) is 7.89. The molecule has 0 saturated carbocycles. The number of benzene rings is 1. The van der Waals surface area contributed by atoms with E-state index in [1.54, 1.807) is 18.2 Å². The molecule has 3 aromatic rings. The standard InChI is InChI=1S/C26H31F3N4O5S/c1-16(18-6-8-22(30-12-18)37-15-26(27,28)29)33-10-9-17-5-7-20(11-19(17)13-33)39(35,36)32-24-21(14-34)23(38-31-24)25(2,3)4/h5-8,11-12,16,34H,9-10,13-15H2,1-4H3,(H,31,32)/t16-/m1/s1. The van der Waals surface area contributed by atoms with E-state index in [-0.39, 0.29) is 28.2 Å². The van der Waals surface area contributed by atoms with E-state index in [1.165, 1.54) is 18.3 Å². The molecule has 9 nitrogen and oxygen atoms in total. The Morgan fingerprint density at radius 1 is 1.18 bits per heavy atom. The van der Waals surface area contributed by atoms with Crippen LogP contribution in [0.1, 0.15) is 61.8 Å². The lowest BCUT2D eigenvalue weighted by Crippen LogP contribution is -2.33. The summed E-state index contributed by atoms with van der Waals surface area (Å²) >= 11 is 0. The second kappa shape index (κ2) is 10.8. The van der Waals surface area contributed by atoms with Crippen LogP contribution >= 0.6 is 0 Å². The first kappa shape index (κ1) is 28.8. The van der Waals surface area contributed by atoms with E-state index in [1.807, 2.05) is 27.7 Å². The maximum atomic E-state index is 13.2. The van der Waals surface area contributed by atoms with Crippen molar-refractivity contribution in [3.8, 4) is 5.88 Å². The number of aliphatic hydroxyl groups is 1. The minimum absolute atomic E-state index is 0.0489. The van der Waals surface area contributed by atoms with Gasteiger partial charge in [0.05, 0.1) is 17.1 Å². The van der Waals surface area contributed by atoms with E-state index in [0.717, 1.165) is 16.7 Å². The first-order valence-corrected chi connectivity index (χ1v) is 13.8. The van der Waals surface area contributed by atoms with Crippen LogP contribution in [0.5, 0.6) is 5.88 Å². The van der Waals surface area contributed by atoms with Crippen LogP contribution in [0.4, 0.5) is 19.0 Å². The van der Waals surface area contributed by atoms with Gasteiger partial charge in [0.1, 0.15) is 5.76 Å². The minimum Gasteiger partial charge on any atom is -0.468 e. The number of rotatable bonds is 8. The molecule has 0 saturated heterocycles. The summed E-state index contributed by atoms with van der Waals surface area (Å²) < 4.78 is 76.0. The number of ether oxygens (including phenoxy) is 1. The van der Waals surface area contributed by atoms with Gasteiger partial charge in [-0.3, -0.25) is 9.62 Å². The number of fused-ring (bicyclic) bond motifs is 1. The van der Waals surface area contributed by atoms with Crippen LogP contribution in [0, 0.1) is 0 Å². The normalized spacial score (nSPS) is 15.6. The van der Waals surface area contributed by atoms with Crippen molar-refractivity contribution in [2.45, 2.75) is 69.8 Å². The smallest absolute Gasteiger partial charge is 0.422 e. The lowest BCUT2D eigenvalue weighted by molar-refractivity contribution is -0.154. The summed E-state index contributed by atoms with van der Waals surface area (Å²) in [7, 11) is -4.03. The van der Waals surface area contributed by atoms with E-state index in [4.69, 9.17) is 4.52 Å². The third-order valence-electron chi connectivity index (χ3n) is 6.56. The Morgan fingerprint density at radius 2 is 1.92 bits per heavy atom. The Labute approximate surface area is 225 Å². The van der Waals surface area contributed by atoms with Crippen molar-refractivity contribution in [2.75, 3.05) is 17.9 Å². The van der Waals surface area contributed by atoms with Crippen LogP contribution < -0.4 is 9.46 Å². The van der Waals surface area contributed by atoms with Crippen LogP contribution in [0.15, 0.2) is 45.9 Å². The molecule has 4 rings (SSSR count). The molecule has 0 spiro atoms. The highest BCUT2D eigenvalue weighted by atomic mass is 32.2. The highest BCUT2D eigenvalue weighted by Crippen LogP contribution is 2.33. The van der Waals surface area contributed by atoms with Gasteiger partial charge in [-0.05, 0) is 42.2 Å². The lowest BCUT2D eigenvalue weighted by Gasteiger charge is -2.34. The van der Waals surface area contributed by atoms with Gasteiger partial charge in [-0.2, -0.15) is 13.2 Å². The summed E-state index contributed by atoms with van der Waals surface area (Å²) in [4.78, 5) is 6.18. The van der Waals surface area contributed by atoms with Crippen molar-refractivity contribution in [3.63, 3.8) is 0 Å². The highest BCUT2D eigenvalue weighted by molar-refractivity contribution is 7.92. The van der Waals surface area contributed by atoms with Crippen molar-refractivity contribution in [3.05, 3.63) is 64.5 Å². The summed E-state index contributed by atoms with van der Waals surface area (Å²) in [6.07, 6.45) is -2.26. The summed E-state index contributed by atoms with van der Waals surface area (Å²) in [5.41, 5.74) is 2.46. The fourth-order valence-corrected chi connectivity index (χ4v) is 5.53. The van der Waals surface area contributed by atoms with Gasteiger partial charge in [-0.25, -0.2) is 13.4 Å². The topological polar surface area (TPSA) is 118 Å². The lowest BCUT2D eigenvalue weighted by atomic mass is 9.90. The third-order valence-corrected chi connectivity index (χ3v) is 7.90. The van der Waals surface area contributed by atoms with Gasteiger partial charge in [0.2, 0.25) is 5.88 Å². The fraction of sp³-hybridized carbons (Fsp3) is 0.462. The molecule has 2 aromatic heterocycles. The van der Waals surface area contributed by atoms with Crippen molar-refractivity contribution in [1.82, 2.24) is 15.0 Å². The zero-order chi connectivity index (χ0) is 28.6. The molecule has 0 fully saturated rings. The molecule has 1 atom stereocenters. The second-order valence-electron chi connectivity index (χ2n) is 10.5. The molecule has 0 amide bonds. The van der Waals surface area contributed by atoms with Crippen LogP contribution in [0.3, 0.4) is 0 Å². The Kier molecular flexibility index (Phi) is 7.97. The van der Waals surface area contributed by atoms with Gasteiger partial charge in [0.15, 0.2) is 12.4 Å². The maximum Gasteiger partial charge on any atom is 0.422 e. The summed E-state index contributed by atoms with van der Waals surface area (Å²) in [6.45, 7) is 6.89. The Hall–Kier alpha value is -3.16.